The van der Waals surface area contributed by atoms with Crippen molar-refractivity contribution < 1.29 is 0 Å². The predicted molar refractivity (Wildman–Crippen MR) is 92.7 cm³/mol. The fourth-order valence-electron chi connectivity index (χ4n) is 4.54. The Bertz CT molecular complexity index is 279. The minimum atomic E-state index is 0.627. The first kappa shape index (κ1) is 17.3. The van der Waals surface area contributed by atoms with Gasteiger partial charge < -0.3 is 10.2 Å². The zero-order valence-electron chi connectivity index (χ0n) is 14.8. The first-order valence-electron chi connectivity index (χ1n) is 9.68. The van der Waals surface area contributed by atoms with E-state index in [1.807, 2.05) is 0 Å². The lowest BCUT2D eigenvalue weighted by molar-refractivity contribution is 0.183. The van der Waals surface area contributed by atoms with E-state index < -0.39 is 0 Å². The number of likely N-dealkylation sites (tertiary alicyclic amines) is 1. The Hall–Kier alpha value is -0.0800. The molecule has 2 aliphatic rings. The van der Waals surface area contributed by atoms with Gasteiger partial charge in [-0.3, -0.25) is 0 Å². The van der Waals surface area contributed by atoms with Gasteiger partial charge in [-0.2, -0.15) is 0 Å². The van der Waals surface area contributed by atoms with Crippen molar-refractivity contribution in [3.8, 4) is 0 Å². The van der Waals surface area contributed by atoms with Crippen LogP contribution in [-0.2, 0) is 0 Å². The van der Waals surface area contributed by atoms with Gasteiger partial charge in [0.05, 0.1) is 0 Å². The average molecular weight is 295 g/mol. The summed E-state index contributed by atoms with van der Waals surface area (Å²) in [7, 11) is 0. The molecule has 0 radical (unpaired) electrons. The number of nitrogens with one attached hydrogen (secondary N) is 1. The maximum absolute atomic E-state index is 3.89. The molecule has 1 N–H and O–H groups in total. The van der Waals surface area contributed by atoms with E-state index >= 15 is 0 Å². The van der Waals surface area contributed by atoms with Crippen molar-refractivity contribution in [1.29, 1.82) is 0 Å². The van der Waals surface area contributed by atoms with E-state index in [2.05, 4.69) is 31.0 Å². The van der Waals surface area contributed by atoms with Crippen LogP contribution in [0.3, 0.4) is 0 Å². The van der Waals surface area contributed by atoms with Crippen molar-refractivity contribution in [3.05, 3.63) is 0 Å². The Morgan fingerprint density at radius 2 is 1.81 bits per heavy atom. The van der Waals surface area contributed by atoms with Crippen molar-refractivity contribution in [2.45, 2.75) is 84.6 Å². The largest absolute Gasteiger partial charge is 0.312 e. The van der Waals surface area contributed by atoms with Gasteiger partial charge in [0.2, 0.25) is 0 Å². The van der Waals surface area contributed by atoms with E-state index in [0.29, 0.717) is 5.41 Å². The third-order valence-corrected chi connectivity index (χ3v) is 6.35. The highest BCUT2D eigenvalue weighted by Crippen LogP contribution is 2.37. The Kier molecular flexibility index (Phi) is 7.01. The molecule has 0 bridgehead atoms. The fraction of sp³-hybridized carbons (Fsp3) is 1.00. The van der Waals surface area contributed by atoms with Crippen molar-refractivity contribution >= 4 is 0 Å². The van der Waals surface area contributed by atoms with E-state index in [1.165, 1.54) is 84.0 Å². The highest BCUT2D eigenvalue weighted by molar-refractivity contribution is 4.91. The molecule has 1 saturated heterocycles. The summed E-state index contributed by atoms with van der Waals surface area (Å²) in [5, 5.41) is 3.89. The van der Waals surface area contributed by atoms with Gasteiger partial charge in [-0.1, -0.05) is 40.0 Å². The lowest BCUT2D eigenvalue weighted by Gasteiger charge is -2.35. The summed E-state index contributed by atoms with van der Waals surface area (Å²) in [5.41, 5.74) is 0.627. The van der Waals surface area contributed by atoms with Crippen LogP contribution in [0.2, 0.25) is 0 Å². The van der Waals surface area contributed by atoms with Crippen LogP contribution in [-0.4, -0.2) is 37.1 Å². The fourth-order valence-corrected chi connectivity index (χ4v) is 4.54. The lowest BCUT2D eigenvalue weighted by atomic mass is 9.81. The summed E-state index contributed by atoms with van der Waals surface area (Å²) < 4.78 is 0. The summed E-state index contributed by atoms with van der Waals surface area (Å²) in [6.45, 7) is 12.2. The highest BCUT2D eigenvalue weighted by atomic mass is 15.2. The molecule has 0 amide bonds. The zero-order chi connectivity index (χ0) is 15.1. The molecule has 0 aromatic rings. The second kappa shape index (κ2) is 8.53. The van der Waals surface area contributed by atoms with Crippen molar-refractivity contribution in [2.24, 2.45) is 11.3 Å². The third-order valence-electron chi connectivity index (χ3n) is 6.35. The predicted octanol–water partition coefficient (Wildman–Crippen LogP) is 4.45. The van der Waals surface area contributed by atoms with E-state index in [1.54, 1.807) is 0 Å². The van der Waals surface area contributed by atoms with Gasteiger partial charge in [-0.05, 0) is 62.9 Å². The van der Waals surface area contributed by atoms with Gasteiger partial charge in [0, 0.05) is 19.1 Å². The molecule has 2 fully saturated rings. The molecule has 0 aromatic carbocycles. The van der Waals surface area contributed by atoms with Gasteiger partial charge in [0.1, 0.15) is 0 Å². The molecule has 0 spiro atoms. The van der Waals surface area contributed by atoms with E-state index in [-0.39, 0.29) is 0 Å². The SMILES string of the molecule is CCCNC(CN1CCC(CC)(CC)C1)C1CCCCC1. The Labute approximate surface area is 133 Å². The van der Waals surface area contributed by atoms with Crippen molar-refractivity contribution in [1.82, 2.24) is 10.2 Å². The maximum atomic E-state index is 3.89. The van der Waals surface area contributed by atoms with Gasteiger partial charge in [-0.25, -0.2) is 0 Å². The number of hydrogen-bond acceptors (Lipinski definition) is 2. The summed E-state index contributed by atoms with van der Waals surface area (Å²) in [6.07, 6.45) is 12.7. The molecule has 124 valence electrons. The van der Waals surface area contributed by atoms with Crippen molar-refractivity contribution in [2.75, 3.05) is 26.2 Å². The number of hydrogen-bond donors (Lipinski definition) is 1. The van der Waals surface area contributed by atoms with Crippen LogP contribution in [0.15, 0.2) is 0 Å². The summed E-state index contributed by atoms with van der Waals surface area (Å²) in [4.78, 5) is 2.77. The maximum Gasteiger partial charge on any atom is 0.0223 e. The summed E-state index contributed by atoms with van der Waals surface area (Å²) in [6, 6.07) is 0.745. The molecule has 0 aromatic heterocycles. The molecule has 1 atom stereocenters. The quantitative estimate of drug-likeness (QED) is 0.711. The summed E-state index contributed by atoms with van der Waals surface area (Å²) >= 11 is 0. The molecular formula is C19H38N2. The first-order valence-corrected chi connectivity index (χ1v) is 9.68. The van der Waals surface area contributed by atoms with Gasteiger partial charge >= 0.3 is 0 Å². The van der Waals surface area contributed by atoms with E-state index in [4.69, 9.17) is 0 Å². The van der Waals surface area contributed by atoms with Gasteiger partial charge in [0.15, 0.2) is 0 Å². The molecule has 1 unspecified atom stereocenters. The monoisotopic (exact) mass is 294 g/mol. The summed E-state index contributed by atoms with van der Waals surface area (Å²) in [5.74, 6) is 0.934. The zero-order valence-corrected chi connectivity index (χ0v) is 14.8. The van der Waals surface area contributed by atoms with Crippen LogP contribution in [0.1, 0.15) is 78.6 Å². The van der Waals surface area contributed by atoms with Crippen LogP contribution in [0.4, 0.5) is 0 Å². The second-order valence-corrected chi connectivity index (χ2v) is 7.65. The van der Waals surface area contributed by atoms with Crippen molar-refractivity contribution in [3.63, 3.8) is 0 Å². The molecule has 1 aliphatic heterocycles. The van der Waals surface area contributed by atoms with Gasteiger partial charge in [0.25, 0.3) is 0 Å². The van der Waals surface area contributed by atoms with Crippen LogP contribution >= 0.6 is 0 Å². The first-order chi connectivity index (χ1) is 10.2. The second-order valence-electron chi connectivity index (χ2n) is 7.65. The number of nitrogens with zero attached hydrogens (tertiary/aromatic N) is 1. The normalized spacial score (nSPS) is 25.3. The van der Waals surface area contributed by atoms with E-state index in [0.717, 1.165) is 12.0 Å². The molecule has 2 nitrogen and oxygen atoms in total. The smallest absolute Gasteiger partial charge is 0.0223 e. The lowest BCUT2D eigenvalue weighted by Crippen LogP contribution is -2.46. The minimum absolute atomic E-state index is 0.627. The minimum Gasteiger partial charge on any atom is -0.312 e. The van der Waals surface area contributed by atoms with Gasteiger partial charge in [-0.15, -0.1) is 0 Å². The van der Waals surface area contributed by atoms with E-state index in [9.17, 15) is 0 Å². The molecule has 1 aliphatic carbocycles. The molecule has 1 heterocycles. The third kappa shape index (κ3) is 4.69. The Balaban J connectivity index is 1.89. The molecule has 2 heteroatoms. The van der Waals surface area contributed by atoms with Crippen LogP contribution in [0.5, 0.6) is 0 Å². The Morgan fingerprint density at radius 1 is 1.10 bits per heavy atom. The molecule has 21 heavy (non-hydrogen) atoms. The molecular weight excluding hydrogens is 256 g/mol. The highest BCUT2D eigenvalue weighted by Gasteiger charge is 2.36. The Morgan fingerprint density at radius 3 is 2.38 bits per heavy atom. The average Bonchev–Trinajstić information content (AvgIpc) is 2.96. The topological polar surface area (TPSA) is 15.3 Å². The van der Waals surface area contributed by atoms with Crippen LogP contribution < -0.4 is 5.32 Å². The van der Waals surface area contributed by atoms with Crippen LogP contribution in [0, 0.1) is 11.3 Å². The molecule has 2 rings (SSSR count). The standard InChI is InChI=1S/C19H38N2/c1-4-13-20-18(17-10-8-7-9-11-17)15-21-14-12-19(5-2,6-3)16-21/h17-18,20H,4-16H2,1-3H3. The molecule has 1 saturated carbocycles. The number of rotatable bonds is 8. The van der Waals surface area contributed by atoms with Crippen LogP contribution in [0.25, 0.3) is 0 Å².